The average Bonchev–Trinajstić information content (AvgIpc) is 2.74. The fourth-order valence-electron chi connectivity index (χ4n) is 2.09. The third kappa shape index (κ3) is 2.82. The lowest BCUT2D eigenvalue weighted by Crippen LogP contribution is -2.22. The number of hydrogen-bond acceptors (Lipinski definition) is 5. The predicted molar refractivity (Wildman–Crippen MR) is 63.4 cm³/mol. The second-order valence-corrected chi connectivity index (χ2v) is 4.28. The van der Waals surface area contributed by atoms with Gasteiger partial charge in [-0.3, -0.25) is 0 Å². The van der Waals surface area contributed by atoms with Gasteiger partial charge in [0.2, 0.25) is 5.95 Å². The number of nitrogens with one attached hydrogen (secondary N) is 2. The van der Waals surface area contributed by atoms with E-state index < -0.39 is 5.82 Å². The van der Waals surface area contributed by atoms with Gasteiger partial charge in [-0.05, 0) is 12.8 Å². The number of hydrogen-bond donors (Lipinski definition) is 3. The Balaban J connectivity index is 1.98. The number of aliphatic hydroxyl groups is 1. The van der Waals surface area contributed by atoms with Gasteiger partial charge in [0.1, 0.15) is 0 Å². The highest BCUT2D eigenvalue weighted by molar-refractivity contribution is 5.40. The molecule has 0 radical (unpaired) electrons. The maximum absolute atomic E-state index is 13.4. The van der Waals surface area contributed by atoms with Crippen LogP contribution in [0.2, 0.25) is 0 Å². The van der Waals surface area contributed by atoms with Gasteiger partial charge in [-0.25, -0.2) is 9.37 Å². The molecule has 1 aromatic heterocycles. The third-order valence-corrected chi connectivity index (χ3v) is 3.12. The highest BCUT2D eigenvalue weighted by Crippen LogP contribution is 2.25. The molecule has 0 amide bonds. The zero-order chi connectivity index (χ0) is 12.3. The summed E-state index contributed by atoms with van der Waals surface area (Å²) in [4.78, 5) is 7.75. The van der Waals surface area contributed by atoms with Gasteiger partial charge < -0.3 is 15.7 Å². The number of aliphatic hydroxyl groups excluding tert-OH is 1. The van der Waals surface area contributed by atoms with E-state index in [0.717, 1.165) is 25.5 Å². The quantitative estimate of drug-likeness (QED) is 0.738. The van der Waals surface area contributed by atoms with Gasteiger partial charge in [0.15, 0.2) is 11.6 Å². The molecule has 2 rings (SSSR count). The Bertz CT molecular complexity index is 388. The third-order valence-electron chi connectivity index (χ3n) is 3.12. The van der Waals surface area contributed by atoms with Crippen LogP contribution in [0.15, 0.2) is 6.20 Å². The maximum Gasteiger partial charge on any atom is 0.224 e. The molecule has 1 saturated carbocycles. The van der Waals surface area contributed by atoms with E-state index >= 15 is 0 Å². The van der Waals surface area contributed by atoms with Crippen LogP contribution in [-0.2, 0) is 0 Å². The Kier molecular flexibility index (Phi) is 3.73. The van der Waals surface area contributed by atoms with Crippen molar-refractivity contribution < 1.29 is 9.50 Å². The molecule has 0 bridgehead atoms. The van der Waals surface area contributed by atoms with E-state index in [1.807, 2.05) is 0 Å². The summed E-state index contributed by atoms with van der Waals surface area (Å²) in [5, 5.41) is 15.3. The molecule has 5 nitrogen and oxygen atoms in total. The highest BCUT2D eigenvalue weighted by Gasteiger charge is 2.25. The van der Waals surface area contributed by atoms with Crippen LogP contribution >= 0.6 is 0 Å². The molecule has 2 atom stereocenters. The maximum atomic E-state index is 13.4. The van der Waals surface area contributed by atoms with Gasteiger partial charge >= 0.3 is 0 Å². The number of nitrogens with zero attached hydrogens (tertiary/aromatic N) is 2. The van der Waals surface area contributed by atoms with E-state index in [2.05, 4.69) is 20.6 Å². The minimum Gasteiger partial charge on any atom is -0.393 e. The van der Waals surface area contributed by atoms with Gasteiger partial charge in [0.25, 0.3) is 0 Å². The van der Waals surface area contributed by atoms with Crippen LogP contribution in [0.5, 0.6) is 0 Å². The molecule has 94 valence electrons. The standard InChI is InChI=1S/C11H17FN4O/c1-13-11-15-6-8(12)10(16-11)14-5-7-3-2-4-9(7)17/h6-7,9,17H,2-5H2,1H3,(H2,13,14,15,16). The summed E-state index contributed by atoms with van der Waals surface area (Å²) >= 11 is 0. The normalized spacial score (nSPS) is 23.7. The first-order valence-electron chi connectivity index (χ1n) is 5.83. The fraction of sp³-hybridized carbons (Fsp3) is 0.636. The van der Waals surface area contributed by atoms with Gasteiger partial charge in [0.05, 0.1) is 12.3 Å². The largest absolute Gasteiger partial charge is 0.393 e. The zero-order valence-corrected chi connectivity index (χ0v) is 9.78. The zero-order valence-electron chi connectivity index (χ0n) is 9.78. The van der Waals surface area contributed by atoms with Crippen LogP contribution in [0.25, 0.3) is 0 Å². The van der Waals surface area contributed by atoms with Gasteiger partial charge in [0, 0.05) is 19.5 Å². The van der Waals surface area contributed by atoms with Crippen LogP contribution in [-0.4, -0.2) is 34.8 Å². The first-order valence-corrected chi connectivity index (χ1v) is 5.83. The van der Waals surface area contributed by atoms with Gasteiger partial charge in [-0.15, -0.1) is 0 Å². The van der Waals surface area contributed by atoms with Crippen molar-refractivity contribution in [1.82, 2.24) is 9.97 Å². The lowest BCUT2D eigenvalue weighted by molar-refractivity contribution is 0.138. The Labute approximate surface area is 99.5 Å². The van der Waals surface area contributed by atoms with E-state index in [-0.39, 0.29) is 17.8 Å². The molecule has 1 heterocycles. The van der Waals surface area contributed by atoms with E-state index in [1.54, 1.807) is 7.05 Å². The molecule has 0 aromatic carbocycles. The van der Waals surface area contributed by atoms with Crippen molar-refractivity contribution in [3.8, 4) is 0 Å². The smallest absolute Gasteiger partial charge is 0.224 e. The minimum atomic E-state index is -0.475. The molecule has 1 aliphatic carbocycles. The van der Waals surface area contributed by atoms with Crippen molar-refractivity contribution in [2.24, 2.45) is 5.92 Å². The van der Waals surface area contributed by atoms with Crippen molar-refractivity contribution >= 4 is 11.8 Å². The van der Waals surface area contributed by atoms with E-state index in [0.29, 0.717) is 12.5 Å². The molecule has 2 unspecified atom stereocenters. The SMILES string of the molecule is CNc1ncc(F)c(NCC2CCCC2O)n1. The molecule has 6 heteroatoms. The van der Waals surface area contributed by atoms with Crippen molar-refractivity contribution in [3.63, 3.8) is 0 Å². The first kappa shape index (κ1) is 12.0. The van der Waals surface area contributed by atoms with Crippen molar-refractivity contribution in [3.05, 3.63) is 12.0 Å². The van der Waals surface area contributed by atoms with Gasteiger partial charge in [-0.2, -0.15) is 4.98 Å². The lowest BCUT2D eigenvalue weighted by Gasteiger charge is -2.15. The summed E-state index contributed by atoms with van der Waals surface area (Å²) in [6.45, 7) is 0.540. The Morgan fingerprint density at radius 2 is 2.35 bits per heavy atom. The summed E-state index contributed by atoms with van der Waals surface area (Å²) in [7, 11) is 1.68. The summed E-state index contributed by atoms with van der Waals surface area (Å²) in [5.74, 6) is 0.267. The number of halogens is 1. The van der Waals surface area contributed by atoms with Crippen LogP contribution in [0.3, 0.4) is 0 Å². The summed E-state index contributed by atoms with van der Waals surface area (Å²) in [5.41, 5.74) is 0. The van der Waals surface area contributed by atoms with Crippen molar-refractivity contribution in [1.29, 1.82) is 0 Å². The molecule has 0 spiro atoms. The van der Waals surface area contributed by atoms with E-state index in [4.69, 9.17) is 0 Å². The van der Waals surface area contributed by atoms with Crippen LogP contribution in [0.1, 0.15) is 19.3 Å². The molecule has 17 heavy (non-hydrogen) atoms. The number of aromatic nitrogens is 2. The average molecular weight is 240 g/mol. The minimum absolute atomic E-state index is 0.183. The van der Waals surface area contributed by atoms with Crippen LogP contribution < -0.4 is 10.6 Å². The molecular weight excluding hydrogens is 223 g/mol. The first-order chi connectivity index (χ1) is 8.20. The monoisotopic (exact) mass is 240 g/mol. The second-order valence-electron chi connectivity index (χ2n) is 4.28. The topological polar surface area (TPSA) is 70.1 Å². The van der Waals surface area contributed by atoms with Crippen molar-refractivity contribution in [2.75, 3.05) is 24.2 Å². The molecular formula is C11H17FN4O. The summed E-state index contributed by atoms with van der Waals surface area (Å²) in [6.07, 6.45) is 3.68. The fourth-order valence-corrected chi connectivity index (χ4v) is 2.09. The predicted octanol–water partition coefficient (Wildman–Crippen LogP) is 1.23. The van der Waals surface area contributed by atoms with Crippen molar-refractivity contribution in [2.45, 2.75) is 25.4 Å². The highest BCUT2D eigenvalue weighted by atomic mass is 19.1. The molecule has 1 fully saturated rings. The van der Waals surface area contributed by atoms with E-state index in [1.165, 1.54) is 0 Å². The van der Waals surface area contributed by atoms with Gasteiger partial charge in [-0.1, -0.05) is 6.42 Å². The number of anilines is 2. The molecule has 1 aliphatic rings. The van der Waals surface area contributed by atoms with Crippen LogP contribution in [0, 0.1) is 11.7 Å². The Hall–Kier alpha value is -1.43. The molecule has 0 saturated heterocycles. The van der Waals surface area contributed by atoms with E-state index in [9.17, 15) is 9.50 Å². The molecule has 1 aromatic rings. The van der Waals surface area contributed by atoms with Crippen LogP contribution in [0.4, 0.5) is 16.2 Å². The molecule has 0 aliphatic heterocycles. The lowest BCUT2D eigenvalue weighted by atomic mass is 10.1. The summed E-state index contributed by atoms with van der Waals surface area (Å²) in [6, 6.07) is 0. The number of rotatable bonds is 4. The second kappa shape index (κ2) is 5.27. The Morgan fingerprint density at radius 3 is 3.00 bits per heavy atom. The summed E-state index contributed by atoms with van der Waals surface area (Å²) < 4.78 is 13.4. The Morgan fingerprint density at radius 1 is 1.53 bits per heavy atom. The molecule has 3 N–H and O–H groups in total.